The van der Waals surface area contributed by atoms with Gasteiger partial charge in [0.25, 0.3) is 0 Å². The molecule has 38 heavy (non-hydrogen) atoms. The highest BCUT2D eigenvalue weighted by atomic mass is 35.5. The van der Waals surface area contributed by atoms with E-state index in [2.05, 4.69) is 46.0 Å². The lowest BCUT2D eigenvalue weighted by molar-refractivity contribution is 0.248. The summed E-state index contributed by atoms with van der Waals surface area (Å²) in [5, 5.41) is 16.1. The summed E-state index contributed by atoms with van der Waals surface area (Å²) in [5.41, 5.74) is 4.77. The van der Waals surface area contributed by atoms with Gasteiger partial charge in [-0.1, -0.05) is 59.3 Å². The first kappa shape index (κ1) is 27.3. The van der Waals surface area contributed by atoms with Gasteiger partial charge < -0.3 is 20.1 Å². The molecule has 3 aromatic carbocycles. The molecule has 0 aliphatic heterocycles. The van der Waals surface area contributed by atoms with E-state index in [1.807, 2.05) is 42.7 Å². The molecule has 0 aliphatic carbocycles. The molecule has 0 spiro atoms. The number of urea groups is 1. The number of carbonyl (C=O) groups excluding carboxylic acids is 1. The van der Waals surface area contributed by atoms with Crippen LogP contribution in [-0.2, 0) is 5.75 Å². The summed E-state index contributed by atoms with van der Waals surface area (Å²) >= 11 is 7.95. The summed E-state index contributed by atoms with van der Waals surface area (Å²) in [6, 6.07) is 18.3. The lowest BCUT2D eigenvalue weighted by atomic mass is 10.2. The highest BCUT2D eigenvalue weighted by Crippen LogP contribution is 2.31. The summed E-state index contributed by atoms with van der Waals surface area (Å²) in [6.07, 6.45) is 0. The second kappa shape index (κ2) is 12.2. The maximum Gasteiger partial charge on any atom is 0.319 e. The SMILES string of the molecule is COc1ccc(NC(=O)NC(C)c2nnc(SCc3cccc(C)c3)n2-c2cc(Cl)ccc2C)c(OC)c1. The van der Waals surface area contributed by atoms with Crippen molar-refractivity contribution in [1.29, 1.82) is 0 Å². The van der Waals surface area contributed by atoms with Crippen molar-refractivity contribution in [3.8, 4) is 17.2 Å². The Hall–Kier alpha value is -3.69. The first-order valence-electron chi connectivity index (χ1n) is 12.0. The summed E-state index contributed by atoms with van der Waals surface area (Å²) in [7, 11) is 3.10. The molecule has 0 saturated carbocycles. The summed E-state index contributed by atoms with van der Waals surface area (Å²) in [6.45, 7) is 5.94. The second-order valence-corrected chi connectivity index (χ2v) is 10.2. The van der Waals surface area contributed by atoms with Crippen LogP contribution in [0.25, 0.3) is 5.69 Å². The fraction of sp³-hybridized carbons (Fsp3) is 0.250. The number of methoxy groups -OCH3 is 2. The van der Waals surface area contributed by atoms with Crippen LogP contribution in [0, 0.1) is 13.8 Å². The van der Waals surface area contributed by atoms with Gasteiger partial charge in [-0.25, -0.2) is 4.79 Å². The van der Waals surface area contributed by atoms with Crippen LogP contribution < -0.4 is 20.1 Å². The van der Waals surface area contributed by atoms with Gasteiger partial charge >= 0.3 is 6.03 Å². The van der Waals surface area contributed by atoms with Crippen molar-refractivity contribution in [1.82, 2.24) is 20.1 Å². The highest BCUT2D eigenvalue weighted by Gasteiger charge is 2.23. The number of anilines is 1. The largest absolute Gasteiger partial charge is 0.497 e. The molecule has 2 amide bonds. The van der Waals surface area contributed by atoms with E-state index >= 15 is 0 Å². The van der Waals surface area contributed by atoms with Crippen LogP contribution in [0.5, 0.6) is 11.5 Å². The highest BCUT2D eigenvalue weighted by molar-refractivity contribution is 7.98. The molecule has 10 heteroatoms. The topological polar surface area (TPSA) is 90.3 Å². The number of rotatable bonds is 9. The molecule has 4 aromatic rings. The predicted molar refractivity (Wildman–Crippen MR) is 152 cm³/mol. The van der Waals surface area contributed by atoms with Crippen molar-refractivity contribution in [2.45, 2.75) is 37.7 Å². The van der Waals surface area contributed by atoms with Gasteiger partial charge in [0.1, 0.15) is 11.5 Å². The van der Waals surface area contributed by atoms with Crippen molar-refractivity contribution >= 4 is 35.1 Å². The molecule has 4 rings (SSSR count). The van der Waals surface area contributed by atoms with Crippen LogP contribution in [0.3, 0.4) is 0 Å². The molecule has 0 aliphatic rings. The molecule has 8 nitrogen and oxygen atoms in total. The van der Waals surface area contributed by atoms with E-state index in [9.17, 15) is 4.79 Å². The first-order valence-corrected chi connectivity index (χ1v) is 13.3. The van der Waals surface area contributed by atoms with Crippen molar-refractivity contribution < 1.29 is 14.3 Å². The van der Waals surface area contributed by atoms with E-state index in [1.54, 1.807) is 37.1 Å². The molecule has 1 heterocycles. The van der Waals surface area contributed by atoms with Crippen LogP contribution in [-0.4, -0.2) is 35.0 Å². The van der Waals surface area contributed by atoms with Crippen LogP contribution in [0.4, 0.5) is 10.5 Å². The number of amides is 2. The van der Waals surface area contributed by atoms with E-state index in [4.69, 9.17) is 21.1 Å². The van der Waals surface area contributed by atoms with E-state index in [0.717, 1.165) is 17.0 Å². The van der Waals surface area contributed by atoms with Gasteiger partial charge in [-0.15, -0.1) is 10.2 Å². The second-order valence-electron chi connectivity index (χ2n) is 8.77. The molecule has 0 radical (unpaired) electrons. The molecule has 0 bridgehead atoms. The third-order valence-corrected chi connectivity index (χ3v) is 7.15. The Morgan fingerprint density at radius 1 is 1.05 bits per heavy atom. The predicted octanol–water partition coefficient (Wildman–Crippen LogP) is 6.73. The number of hydrogen-bond donors (Lipinski definition) is 2. The van der Waals surface area contributed by atoms with Crippen molar-refractivity contribution in [3.63, 3.8) is 0 Å². The Bertz CT molecular complexity index is 1440. The van der Waals surface area contributed by atoms with Gasteiger partial charge in [-0.2, -0.15) is 0 Å². The minimum Gasteiger partial charge on any atom is -0.497 e. The minimum atomic E-state index is -0.474. The monoisotopic (exact) mass is 551 g/mol. The lowest BCUT2D eigenvalue weighted by Crippen LogP contribution is -2.32. The smallest absolute Gasteiger partial charge is 0.319 e. The summed E-state index contributed by atoms with van der Waals surface area (Å²) < 4.78 is 12.6. The molecular weight excluding hydrogens is 522 g/mol. The number of carbonyl (C=O) groups is 1. The number of benzene rings is 3. The molecular formula is C28H30ClN5O3S. The van der Waals surface area contributed by atoms with Crippen molar-refractivity contribution in [3.05, 3.63) is 88.2 Å². The number of hydrogen-bond acceptors (Lipinski definition) is 6. The maximum atomic E-state index is 12.9. The number of halogens is 1. The normalized spacial score (nSPS) is 11.6. The molecule has 198 valence electrons. The standard InChI is InChI=1S/C28H30ClN5O3S/c1-17-7-6-8-20(13-17)16-38-28-33-32-26(34(28)24-14-21(29)10-9-18(24)2)19(3)30-27(35)31-23-12-11-22(36-4)15-25(23)37-5/h6-15,19H,16H2,1-5H3,(H2,30,31,35). The van der Waals surface area contributed by atoms with E-state index in [0.29, 0.717) is 33.2 Å². The van der Waals surface area contributed by atoms with E-state index in [1.165, 1.54) is 18.2 Å². The zero-order valence-electron chi connectivity index (χ0n) is 21.9. The van der Waals surface area contributed by atoms with Gasteiger partial charge in [-0.3, -0.25) is 4.57 Å². The Kier molecular flexibility index (Phi) is 8.81. The molecule has 0 saturated heterocycles. The molecule has 1 unspecified atom stereocenters. The Balaban J connectivity index is 1.60. The molecule has 0 fully saturated rings. The average molecular weight is 552 g/mol. The third-order valence-electron chi connectivity index (χ3n) is 5.91. The number of ether oxygens (including phenoxy) is 2. The maximum absolute atomic E-state index is 12.9. The van der Waals surface area contributed by atoms with Crippen molar-refractivity contribution in [2.24, 2.45) is 0 Å². The van der Waals surface area contributed by atoms with Crippen LogP contribution in [0.15, 0.2) is 65.8 Å². The zero-order valence-corrected chi connectivity index (χ0v) is 23.5. The molecule has 1 aromatic heterocycles. The number of nitrogens with zero attached hydrogens (tertiary/aromatic N) is 3. The number of aromatic nitrogens is 3. The number of aryl methyl sites for hydroxylation is 2. The fourth-order valence-electron chi connectivity index (χ4n) is 3.98. The fourth-order valence-corrected chi connectivity index (χ4v) is 5.04. The van der Waals surface area contributed by atoms with E-state index < -0.39 is 12.1 Å². The van der Waals surface area contributed by atoms with E-state index in [-0.39, 0.29) is 0 Å². The lowest BCUT2D eigenvalue weighted by Gasteiger charge is -2.19. The molecule has 2 N–H and O–H groups in total. The Morgan fingerprint density at radius 3 is 2.61 bits per heavy atom. The summed E-state index contributed by atoms with van der Waals surface area (Å²) in [5.74, 6) is 2.42. The zero-order chi connectivity index (χ0) is 27.2. The van der Waals surface area contributed by atoms with Gasteiger partial charge in [0.2, 0.25) is 0 Å². The van der Waals surface area contributed by atoms with Gasteiger partial charge in [0.15, 0.2) is 11.0 Å². The first-order chi connectivity index (χ1) is 18.3. The van der Waals surface area contributed by atoms with Crippen LogP contribution in [0.2, 0.25) is 5.02 Å². The Morgan fingerprint density at radius 2 is 1.87 bits per heavy atom. The van der Waals surface area contributed by atoms with Gasteiger partial charge in [-0.05, 0) is 56.2 Å². The number of thioether (sulfide) groups is 1. The summed E-state index contributed by atoms with van der Waals surface area (Å²) in [4.78, 5) is 12.9. The van der Waals surface area contributed by atoms with Gasteiger partial charge in [0, 0.05) is 16.8 Å². The van der Waals surface area contributed by atoms with Crippen LogP contribution >= 0.6 is 23.4 Å². The third kappa shape index (κ3) is 6.41. The quantitative estimate of drug-likeness (QED) is 0.224. The number of nitrogens with one attached hydrogen (secondary N) is 2. The van der Waals surface area contributed by atoms with Crippen LogP contribution in [0.1, 0.15) is 35.5 Å². The molecule has 1 atom stereocenters. The van der Waals surface area contributed by atoms with Crippen molar-refractivity contribution in [2.75, 3.05) is 19.5 Å². The Labute approximate surface area is 231 Å². The average Bonchev–Trinajstić information content (AvgIpc) is 3.33. The minimum absolute atomic E-state index is 0.410. The van der Waals surface area contributed by atoms with Gasteiger partial charge in [0.05, 0.1) is 31.6 Å².